The van der Waals surface area contributed by atoms with Crippen LogP contribution in [0.3, 0.4) is 0 Å². The Balaban J connectivity index is 1.58. The van der Waals surface area contributed by atoms with Crippen LogP contribution in [0.25, 0.3) is 10.2 Å². The second-order valence-corrected chi connectivity index (χ2v) is 7.24. The van der Waals surface area contributed by atoms with E-state index in [0.717, 1.165) is 32.6 Å². The number of carbonyl (C=O) groups is 1. The van der Waals surface area contributed by atoms with E-state index in [2.05, 4.69) is 10.4 Å². The zero-order valence-corrected chi connectivity index (χ0v) is 12.7. The van der Waals surface area contributed by atoms with Crippen molar-refractivity contribution in [1.82, 2.24) is 15.1 Å². The molecule has 0 radical (unpaired) electrons. The minimum atomic E-state index is 0.106. The number of carbonyl (C=O) groups excluding carboxylic acids is 1. The summed E-state index contributed by atoms with van der Waals surface area (Å²) < 4.78 is 1.87. The molecule has 0 saturated heterocycles. The van der Waals surface area contributed by atoms with E-state index in [-0.39, 0.29) is 5.91 Å². The number of amides is 1. The van der Waals surface area contributed by atoms with Gasteiger partial charge in [0.25, 0.3) is 5.91 Å². The minimum absolute atomic E-state index is 0.106. The number of thiophene rings is 1. The maximum absolute atomic E-state index is 12.5. The number of aromatic nitrogens is 2. The zero-order valence-electron chi connectivity index (χ0n) is 11.8. The molecule has 0 aromatic carbocycles. The van der Waals surface area contributed by atoms with Crippen molar-refractivity contribution in [2.75, 3.05) is 0 Å². The average Bonchev–Trinajstić information content (AvgIpc) is 3.32. The third-order valence-corrected chi connectivity index (χ3v) is 5.68. The third kappa shape index (κ3) is 2.04. The second-order valence-electron chi connectivity index (χ2n) is 6.21. The van der Waals surface area contributed by atoms with Gasteiger partial charge in [-0.05, 0) is 50.5 Å². The Kier molecular flexibility index (Phi) is 2.67. The molecule has 106 valence electrons. The summed E-state index contributed by atoms with van der Waals surface area (Å²) in [6.07, 6.45) is 5.15. The predicted molar refractivity (Wildman–Crippen MR) is 80.0 cm³/mol. The maximum Gasteiger partial charge on any atom is 0.261 e. The highest BCUT2D eigenvalue weighted by Crippen LogP contribution is 2.44. The molecular weight excluding hydrogens is 270 g/mol. The topological polar surface area (TPSA) is 46.9 Å². The van der Waals surface area contributed by atoms with Crippen molar-refractivity contribution < 1.29 is 4.79 Å². The van der Waals surface area contributed by atoms with Crippen LogP contribution in [0, 0.1) is 18.8 Å². The summed E-state index contributed by atoms with van der Waals surface area (Å²) in [7, 11) is 1.94. The molecule has 2 aromatic heterocycles. The van der Waals surface area contributed by atoms with E-state index in [1.54, 1.807) is 11.3 Å². The summed E-state index contributed by atoms with van der Waals surface area (Å²) in [5.74, 6) is 1.59. The molecule has 2 saturated carbocycles. The van der Waals surface area contributed by atoms with Crippen molar-refractivity contribution in [3.63, 3.8) is 0 Å². The Labute approximate surface area is 122 Å². The first-order chi connectivity index (χ1) is 9.63. The molecule has 2 aliphatic rings. The van der Waals surface area contributed by atoms with Crippen LogP contribution in [0.5, 0.6) is 0 Å². The van der Waals surface area contributed by atoms with E-state index in [1.165, 1.54) is 25.7 Å². The first-order valence-electron chi connectivity index (χ1n) is 7.37. The molecule has 4 rings (SSSR count). The molecule has 1 amide bonds. The molecular formula is C15H19N3OS. The lowest BCUT2D eigenvalue weighted by molar-refractivity contribution is 0.0930. The van der Waals surface area contributed by atoms with Gasteiger partial charge in [0.1, 0.15) is 4.83 Å². The van der Waals surface area contributed by atoms with Gasteiger partial charge >= 0.3 is 0 Å². The second kappa shape index (κ2) is 4.32. The first-order valence-corrected chi connectivity index (χ1v) is 8.19. The Morgan fingerprint density at radius 1 is 1.40 bits per heavy atom. The highest BCUT2D eigenvalue weighted by molar-refractivity contribution is 7.20. The number of hydrogen-bond acceptors (Lipinski definition) is 3. The fraction of sp³-hybridized carbons (Fsp3) is 0.600. The van der Waals surface area contributed by atoms with Gasteiger partial charge in [-0.1, -0.05) is 0 Å². The number of hydrogen-bond donors (Lipinski definition) is 1. The molecule has 0 bridgehead atoms. The van der Waals surface area contributed by atoms with Crippen LogP contribution in [0.2, 0.25) is 0 Å². The van der Waals surface area contributed by atoms with E-state index in [4.69, 9.17) is 0 Å². The summed E-state index contributed by atoms with van der Waals surface area (Å²) in [6, 6.07) is 2.42. The Hall–Kier alpha value is -1.36. The number of nitrogens with one attached hydrogen (secondary N) is 1. The zero-order chi connectivity index (χ0) is 13.9. The average molecular weight is 289 g/mol. The van der Waals surface area contributed by atoms with E-state index < -0.39 is 0 Å². The molecule has 4 nitrogen and oxygen atoms in total. The molecule has 20 heavy (non-hydrogen) atoms. The van der Waals surface area contributed by atoms with Crippen LogP contribution in [-0.2, 0) is 7.05 Å². The molecule has 2 aliphatic carbocycles. The third-order valence-electron chi connectivity index (χ3n) is 4.48. The van der Waals surface area contributed by atoms with Crippen LogP contribution >= 0.6 is 11.3 Å². The minimum Gasteiger partial charge on any atom is -0.348 e. The molecule has 2 aromatic rings. The lowest BCUT2D eigenvalue weighted by Crippen LogP contribution is -2.37. The Morgan fingerprint density at radius 3 is 2.60 bits per heavy atom. The first kappa shape index (κ1) is 12.4. The van der Waals surface area contributed by atoms with Crippen LogP contribution in [0.1, 0.15) is 41.0 Å². The van der Waals surface area contributed by atoms with Gasteiger partial charge in [-0.15, -0.1) is 11.3 Å². The Bertz CT molecular complexity index is 632. The molecule has 5 heteroatoms. The fourth-order valence-corrected chi connectivity index (χ4v) is 4.10. The van der Waals surface area contributed by atoms with Gasteiger partial charge in [-0.25, -0.2) is 0 Å². The summed E-state index contributed by atoms with van der Waals surface area (Å²) in [5, 5.41) is 8.78. The molecule has 2 fully saturated rings. The van der Waals surface area contributed by atoms with Crippen LogP contribution in [0.15, 0.2) is 6.07 Å². The van der Waals surface area contributed by atoms with Crippen molar-refractivity contribution in [3.05, 3.63) is 16.6 Å². The van der Waals surface area contributed by atoms with Crippen molar-refractivity contribution in [2.24, 2.45) is 18.9 Å². The number of rotatable bonds is 4. The van der Waals surface area contributed by atoms with E-state index in [1.807, 2.05) is 24.7 Å². The van der Waals surface area contributed by atoms with E-state index in [0.29, 0.717) is 6.04 Å². The molecule has 0 atom stereocenters. The lowest BCUT2D eigenvalue weighted by Gasteiger charge is -2.16. The number of nitrogens with zero attached hydrogens (tertiary/aromatic N) is 2. The summed E-state index contributed by atoms with van der Waals surface area (Å²) >= 11 is 1.55. The lowest BCUT2D eigenvalue weighted by atomic mass is 10.1. The maximum atomic E-state index is 12.5. The van der Waals surface area contributed by atoms with E-state index in [9.17, 15) is 4.79 Å². The normalized spacial score (nSPS) is 18.9. The summed E-state index contributed by atoms with van der Waals surface area (Å²) in [4.78, 5) is 14.4. The van der Waals surface area contributed by atoms with E-state index >= 15 is 0 Å². The molecule has 0 aliphatic heterocycles. The monoisotopic (exact) mass is 289 g/mol. The van der Waals surface area contributed by atoms with Gasteiger partial charge in [0, 0.05) is 18.5 Å². The van der Waals surface area contributed by atoms with Crippen LogP contribution < -0.4 is 5.32 Å². The van der Waals surface area contributed by atoms with Gasteiger partial charge < -0.3 is 5.32 Å². The van der Waals surface area contributed by atoms with Crippen molar-refractivity contribution in [3.8, 4) is 0 Å². The fourth-order valence-electron chi connectivity index (χ4n) is 3.07. The van der Waals surface area contributed by atoms with Crippen molar-refractivity contribution in [1.29, 1.82) is 0 Å². The Morgan fingerprint density at radius 2 is 2.05 bits per heavy atom. The standard InChI is InChI=1S/C15H19N3OS/c1-8-11-7-12(20-15(11)18(2)17-8)14(19)16-13(9-3-4-9)10-5-6-10/h7,9-10,13H,3-6H2,1-2H3,(H,16,19). The van der Waals surface area contributed by atoms with Gasteiger partial charge in [-0.2, -0.15) is 5.10 Å². The predicted octanol–water partition coefficient (Wildman–Crippen LogP) is 2.86. The van der Waals surface area contributed by atoms with Gasteiger partial charge in [-0.3, -0.25) is 9.48 Å². The summed E-state index contributed by atoms with van der Waals surface area (Å²) in [5.41, 5.74) is 0.999. The van der Waals surface area contributed by atoms with Gasteiger partial charge in [0.2, 0.25) is 0 Å². The largest absolute Gasteiger partial charge is 0.348 e. The van der Waals surface area contributed by atoms with Gasteiger partial charge in [0.05, 0.1) is 10.6 Å². The quantitative estimate of drug-likeness (QED) is 0.940. The molecule has 1 N–H and O–H groups in total. The smallest absolute Gasteiger partial charge is 0.261 e. The highest BCUT2D eigenvalue weighted by Gasteiger charge is 2.42. The molecule has 2 heterocycles. The van der Waals surface area contributed by atoms with Gasteiger partial charge in [0.15, 0.2) is 0 Å². The SMILES string of the molecule is Cc1nn(C)c2sc(C(=O)NC(C3CC3)C3CC3)cc12. The van der Waals surface area contributed by atoms with Crippen molar-refractivity contribution >= 4 is 27.5 Å². The number of fused-ring (bicyclic) bond motifs is 1. The molecule has 0 spiro atoms. The highest BCUT2D eigenvalue weighted by atomic mass is 32.1. The summed E-state index contributed by atoms with van der Waals surface area (Å²) in [6.45, 7) is 1.99. The van der Waals surface area contributed by atoms with Crippen molar-refractivity contribution in [2.45, 2.75) is 38.6 Å². The molecule has 0 unspecified atom stereocenters. The van der Waals surface area contributed by atoms with Crippen LogP contribution in [-0.4, -0.2) is 21.7 Å². The number of aryl methyl sites for hydroxylation is 2. The van der Waals surface area contributed by atoms with Crippen LogP contribution in [0.4, 0.5) is 0 Å².